The van der Waals surface area contributed by atoms with Crippen LogP contribution in [0.25, 0.3) is 0 Å². The second kappa shape index (κ2) is 5.69. The van der Waals surface area contributed by atoms with E-state index >= 15 is 0 Å². The van der Waals surface area contributed by atoms with Gasteiger partial charge in [-0.25, -0.2) is 4.79 Å². The van der Waals surface area contributed by atoms with Gasteiger partial charge in [0.25, 0.3) is 0 Å². The molecule has 0 atom stereocenters. The lowest BCUT2D eigenvalue weighted by Gasteiger charge is -2.32. The summed E-state index contributed by atoms with van der Waals surface area (Å²) in [6, 6.07) is 9.29. The summed E-state index contributed by atoms with van der Waals surface area (Å²) in [5.74, 6) is 0. The summed E-state index contributed by atoms with van der Waals surface area (Å²) in [5, 5.41) is 10.4. The van der Waals surface area contributed by atoms with Gasteiger partial charge in [0, 0.05) is 0 Å². The number of rotatable bonds is 4. The van der Waals surface area contributed by atoms with Gasteiger partial charge in [-0.3, -0.25) is 5.21 Å². The van der Waals surface area contributed by atoms with Crippen molar-refractivity contribution >= 4 is 6.09 Å². The molecule has 1 N–H and O–H groups in total. The second-order valence-corrected chi connectivity index (χ2v) is 4.69. The lowest BCUT2D eigenvalue weighted by molar-refractivity contribution is -0.125. The lowest BCUT2D eigenvalue weighted by Crippen LogP contribution is -2.46. The molecule has 98 valence electrons. The molecule has 0 heterocycles. The van der Waals surface area contributed by atoms with Crippen LogP contribution < -0.4 is 0 Å². The minimum absolute atomic E-state index is 0.128. The van der Waals surface area contributed by atoms with Gasteiger partial charge >= 0.3 is 6.09 Å². The predicted octanol–water partition coefficient (Wildman–Crippen LogP) is 3.37. The van der Waals surface area contributed by atoms with E-state index in [0.29, 0.717) is 10.6 Å². The molecule has 0 fully saturated rings. The van der Waals surface area contributed by atoms with Crippen molar-refractivity contribution in [1.82, 2.24) is 5.06 Å². The Kier molecular flexibility index (Phi) is 4.50. The SMILES string of the molecule is C=C(C)C(C)(C)N(O)C(=O)OCc1ccccc1. The number of benzene rings is 1. The number of amides is 1. The average Bonchev–Trinajstić information content (AvgIpc) is 2.36. The highest BCUT2D eigenvalue weighted by Gasteiger charge is 2.31. The first-order valence-corrected chi connectivity index (χ1v) is 5.71. The fourth-order valence-corrected chi connectivity index (χ4v) is 1.19. The molecule has 0 aliphatic carbocycles. The van der Waals surface area contributed by atoms with Crippen LogP contribution in [0.15, 0.2) is 42.5 Å². The summed E-state index contributed by atoms with van der Waals surface area (Å²) in [7, 11) is 0. The molecule has 0 aromatic heterocycles. The van der Waals surface area contributed by atoms with E-state index in [9.17, 15) is 10.0 Å². The lowest BCUT2D eigenvalue weighted by atomic mass is 9.97. The van der Waals surface area contributed by atoms with Crippen LogP contribution in [0.3, 0.4) is 0 Å². The van der Waals surface area contributed by atoms with Crippen molar-refractivity contribution in [2.24, 2.45) is 0 Å². The zero-order chi connectivity index (χ0) is 13.8. The Balaban J connectivity index is 2.59. The third-order valence-electron chi connectivity index (χ3n) is 2.95. The van der Waals surface area contributed by atoms with Crippen LogP contribution in [0.2, 0.25) is 0 Å². The Morgan fingerprint density at radius 3 is 2.44 bits per heavy atom. The second-order valence-electron chi connectivity index (χ2n) is 4.69. The van der Waals surface area contributed by atoms with Crippen LogP contribution in [-0.4, -0.2) is 21.9 Å². The Hall–Kier alpha value is -1.81. The summed E-state index contributed by atoms with van der Waals surface area (Å²) in [5.41, 5.74) is 0.683. The van der Waals surface area contributed by atoms with E-state index in [-0.39, 0.29) is 6.61 Å². The van der Waals surface area contributed by atoms with E-state index < -0.39 is 11.6 Å². The molecule has 1 aromatic carbocycles. The third-order valence-corrected chi connectivity index (χ3v) is 2.95. The standard InChI is InChI=1S/C14H19NO3/c1-11(2)14(3,4)15(17)13(16)18-10-12-8-6-5-7-9-12/h5-9,17H,1,10H2,2-4H3. The first-order chi connectivity index (χ1) is 8.35. The molecule has 18 heavy (non-hydrogen) atoms. The van der Waals surface area contributed by atoms with Crippen LogP contribution in [0, 0.1) is 0 Å². The zero-order valence-electron chi connectivity index (χ0n) is 11.0. The number of hydroxylamine groups is 2. The Morgan fingerprint density at radius 1 is 1.39 bits per heavy atom. The maximum absolute atomic E-state index is 11.7. The van der Waals surface area contributed by atoms with Gasteiger partial charge in [0.15, 0.2) is 0 Å². The van der Waals surface area contributed by atoms with Gasteiger partial charge in [0.2, 0.25) is 0 Å². The summed E-state index contributed by atoms with van der Waals surface area (Å²) in [6.45, 7) is 9.00. The Labute approximate surface area is 107 Å². The monoisotopic (exact) mass is 249 g/mol. The number of ether oxygens (including phenoxy) is 1. The Morgan fingerprint density at radius 2 is 1.94 bits per heavy atom. The summed E-state index contributed by atoms with van der Waals surface area (Å²) in [6.07, 6.45) is -0.785. The number of hydrogen-bond donors (Lipinski definition) is 1. The number of hydrogen-bond acceptors (Lipinski definition) is 3. The van der Waals surface area contributed by atoms with Crippen LogP contribution in [-0.2, 0) is 11.3 Å². The van der Waals surface area contributed by atoms with E-state index in [1.807, 2.05) is 30.3 Å². The normalized spacial score (nSPS) is 10.9. The highest BCUT2D eigenvalue weighted by Crippen LogP contribution is 2.21. The molecule has 0 saturated heterocycles. The molecule has 4 nitrogen and oxygen atoms in total. The van der Waals surface area contributed by atoms with E-state index in [2.05, 4.69) is 6.58 Å². The predicted molar refractivity (Wildman–Crippen MR) is 69.1 cm³/mol. The number of carbonyl (C=O) groups excluding carboxylic acids is 1. The third kappa shape index (κ3) is 3.34. The van der Waals surface area contributed by atoms with E-state index in [1.54, 1.807) is 20.8 Å². The molecular weight excluding hydrogens is 230 g/mol. The zero-order valence-corrected chi connectivity index (χ0v) is 11.0. The first kappa shape index (κ1) is 14.3. The van der Waals surface area contributed by atoms with Gasteiger partial charge in [-0.2, -0.15) is 5.06 Å². The largest absolute Gasteiger partial charge is 0.443 e. The Bertz CT molecular complexity index is 426. The summed E-state index contributed by atoms with van der Waals surface area (Å²) < 4.78 is 5.02. The van der Waals surface area contributed by atoms with Crippen LogP contribution in [0.5, 0.6) is 0 Å². The van der Waals surface area contributed by atoms with Crippen molar-refractivity contribution in [3.05, 3.63) is 48.0 Å². The molecule has 0 spiro atoms. The van der Waals surface area contributed by atoms with Crippen LogP contribution >= 0.6 is 0 Å². The fraction of sp³-hybridized carbons (Fsp3) is 0.357. The van der Waals surface area contributed by atoms with Gasteiger partial charge < -0.3 is 4.74 Å². The maximum Gasteiger partial charge on any atom is 0.434 e. The molecule has 0 aliphatic rings. The molecule has 1 aromatic rings. The molecule has 0 aliphatic heterocycles. The molecule has 0 radical (unpaired) electrons. The van der Waals surface area contributed by atoms with Crippen molar-refractivity contribution in [2.45, 2.75) is 32.9 Å². The number of carbonyl (C=O) groups is 1. The number of nitrogens with zero attached hydrogens (tertiary/aromatic N) is 1. The topological polar surface area (TPSA) is 49.8 Å². The van der Waals surface area contributed by atoms with E-state index in [4.69, 9.17) is 4.74 Å². The van der Waals surface area contributed by atoms with E-state index in [1.165, 1.54) is 0 Å². The average molecular weight is 249 g/mol. The molecule has 0 saturated carbocycles. The van der Waals surface area contributed by atoms with Crippen molar-refractivity contribution in [3.63, 3.8) is 0 Å². The smallest absolute Gasteiger partial charge is 0.434 e. The highest BCUT2D eigenvalue weighted by atomic mass is 16.6. The molecular formula is C14H19NO3. The van der Waals surface area contributed by atoms with Gasteiger partial charge in [-0.15, -0.1) is 0 Å². The van der Waals surface area contributed by atoms with E-state index in [0.717, 1.165) is 5.56 Å². The van der Waals surface area contributed by atoms with Crippen LogP contribution in [0.4, 0.5) is 4.79 Å². The molecule has 0 bridgehead atoms. The minimum atomic E-state index is -0.853. The highest BCUT2D eigenvalue weighted by molar-refractivity contribution is 5.67. The minimum Gasteiger partial charge on any atom is -0.443 e. The summed E-state index contributed by atoms with van der Waals surface area (Å²) >= 11 is 0. The van der Waals surface area contributed by atoms with Gasteiger partial charge in [0.05, 0.1) is 5.54 Å². The molecule has 4 heteroatoms. The van der Waals surface area contributed by atoms with Gasteiger partial charge in [0.1, 0.15) is 6.61 Å². The van der Waals surface area contributed by atoms with Crippen LogP contribution in [0.1, 0.15) is 26.3 Å². The summed E-state index contributed by atoms with van der Waals surface area (Å²) in [4.78, 5) is 11.7. The van der Waals surface area contributed by atoms with Crippen molar-refractivity contribution < 1.29 is 14.7 Å². The quantitative estimate of drug-likeness (QED) is 0.505. The van der Waals surface area contributed by atoms with Gasteiger partial charge in [-0.1, -0.05) is 42.5 Å². The fourth-order valence-electron chi connectivity index (χ4n) is 1.19. The first-order valence-electron chi connectivity index (χ1n) is 5.71. The molecule has 0 unspecified atom stereocenters. The van der Waals surface area contributed by atoms with Crippen molar-refractivity contribution in [1.29, 1.82) is 0 Å². The molecule has 1 rings (SSSR count). The molecule has 1 amide bonds. The van der Waals surface area contributed by atoms with Crippen molar-refractivity contribution in [2.75, 3.05) is 0 Å². The van der Waals surface area contributed by atoms with Crippen molar-refractivity contribution in [3.8, 4) is 0 Å². The van der Waals surface area contributed by atoms with Gasteiger partial charge in [-0.05, 0) is 26.3 Å². The maximum atomic E-state index is 11.7.